The van der Waals surface area contributed by atoms with Gasteiger partial charge >= 0.3 is 0 Å². The number of carbonyl (C=O) groups excluding carboxylic acids is 3. The molecule has 3 heterocycles. The standard InChI is InChI=1S/C28H22ClN5O3/c29-21-10-11-23-22(15-21)28(37)34(24(27(36)32-23)14-19-4-3-12-30-16-19)17-18-6-8-20(9-7-18)26(35)33-25-5-1-2-13-31-25/h1-13,15-16,24H,14,17H2,(H,32,36)(H,31,33,35)/t24-/m1/s1. The van der Waals surface area contributed by atoms with Crippen LogP contribution in [0.4, 0.5) is 11.5 Å². The number of hydrogen-bond acceptors (Lipinski definition) is 5. The molecule has 1 atom stereocenters. The lowest BCUT2D eigenvalue weighted by Crippen LogP contribution is -2.46. The van der Waals surface area contributed by atoms with Gasteiger partial charge in [-0.2, -0.15) is 0 Å². The zero-order valence-corrected chi connectivity index (χ0v) is 20.4. The first-order chi connectivity index (χ1) is 18.0. The summed E-state index contributed by atoms with van der Waals surface area (Å²) in [5.74, 6) is -0.465. The van der Waals surface area contributed by atoms with Gasteiger partial charge in [-0.05, 0) is 59.7 Å². The second kappa shape index (κ2) is 10.6. The van der Waals surface area contributed by atoms with Crippen LogP contribution in [0.5, 0.6) is 0 Å². The minimum absolute atomic E-state index is 0.158. The van der Waals surface area contributed by atoms with E-state index in [1.165, 1.54) is 4.90 Å². The predicted molar refractivity (Wildman–Crippen MR) is 140 cm³/mol. The third-order valence-electron chi connectivity index (χ3n) is 6.04. The number of hydrogen-bond donors (Lipinski definition) is 2. The highest BCUT2D eigenvalue weighted by atomic mass is 35.5. The molecule has 2 aromatic carbocycles. The van der Waals surface area contributed by atoms with Gasteiger partial charge in [-0.25, -0.2) is 4.98 Å². The van der Waals surface area contributed by atoms with E-state index in [9.17, 15) is 14.4 Å². The lowest BCUT2D eigenvalue weighted by Gasteiger charge is -2.29. The summed E-state index contributed by atoms with van der Waals surface area (Å²) in [4.78, 5) is 49.4. The van der Waals surface area contributed by atoms with Gasteiger partial charge in [-0.3, -0.25) is 19.4 Å². The Morgan fingerprint density at radius 1 is 0.973 bits per heavy atom. The van der Waals surface area contributed by atoms with Crippen molar-refractivity contribution in [2.24, 2.45) is 0 Å². The van der Waals surface area contributed by atoms with Crippen LogP contribution in [0.25, 0.3) is 0 Å². The van der Waals surface area contributed by atoms with Gasteiger partial charge < -0.3 is 15.5 Å². The fraction of sp³-hybridized carbons (Fsp3) is 0.107. The molecule has 0 unspecified atom stereocenters. The maximum atomic E-state index is 13.7. The normalized spacial score (nSPS) is 14.9. The maximum absolute atomic E-state index is 13.7. The van der Waals surface area contributed by atoms with Gasteiger partial charge in [0.25, 0.3) is 11.8 Å². The fourth-order valence-corrected chi connectivity index (χ4v) is 4.34. The Hall–Kier alpha value is -4.56. The van der Waals surface area contributed by atoms with Gasteiger partial charge in [-0.15, -0.1) is 0 Å². The summed E-state index contributed by atoms with van der Waals surface area (Å²) in [5.41, 5.74) is 2.77. The topological polar surface area (TPSA) is 104 Å². The number of pyridine rings is 2. The molecule has 37 heavy (non-hydrogen) atoms. The van der Waals surface area contributed by atoms with Crippen molar-refractivity contribution in [2.45, 2.75) is 19.0 Å². The average molecular weight is 512 g/mol. The SMILES string of the molecule is O=C(Nc1ccccn1)c1ccc(CN2C(=O)c3cc(Cl)ccc3NC(=O)[C@H]2Cc2cccnc2)cc1. The van der Waals surface area contributed by atoms with E-state index in [1.807, 2.05) is 6.07 Å². The van der Waals surface area contributed by atoms with Crippen LogP contribution in [-0.4, -0.2) is 38.6 Å². The highest BCUT2D eigenvalue weighted by molar-refractivity contribution is 6.31. The van der Waals surface area contributed by atoms with Gasteiger partial charge in [0.1, 0.15) is 11.9 Å². The summed E-state index contributed by atoms with van der Waals surface area (Å²) < 4.78 is 0. The molecule has 5 rings (SSSR count). The predicted octanol–water partition coefficient (Wildman–Crippen LogP) is 4.59. The highest BCUT2D eigenvalue weighted by Crippen LogP contribution is 2.28. The number of nitrogens with zero attached hydrogens (tertiary/aromatic N) is 3. The van der Waals surface area contributed by atoms with Crippen molar-refractivity contribution < 1.29 is 14.4 Å². The van der Waals surface area contributed by atoms with Gasteiger partial charge in [0.05, 0.1) is 11.3 Å². The fourth-order valence-electron chi connectivity index (χ4n) is 4.17. The third-order valence-corrected chi connectivity index (χ3v) is 6.27. The first-order valence-corrected chi connectivity index (χ1v) is 12.0. The number of benzene rings is 2. The van der Waals surface area contributed by atoms with Crippen molar-refractivity contribution in [1.29, 1.82) is 0 Å². The van der Waals surface area contributed by atoms with Crippen molar-refractivity contribution in [1.82, 2.24) is 14.9 Å². The van der Waals surface area contributed by atoms with E-state index < -0.39 is 6.04 Å². The van der Waals surface area contributed by atoms with Crippen LogP contribution in [-0.2, 0) is 17.8 Å². The molecule has 0 saturated heterocycles. The maximum Gasteiger partial charge on any atom is 0.257 e. The molecule has 8 nitrogen and oxygen atoms in total. The van der Waals surface area contributed by atoms with Crippen molar-refractivity contribution in [3.8, 4) is 0 Å². The minimum atomic E-state index is -0.782. The lowest BCUT2D eigenvalue weighted by atomic mass is 10.0. The summed E-state index contributed by atoms with van der Waals surface area (Å²) in [6.07, 6.45) is 5.22. The summed E-state index contributed by atoms with van der Waals surface area (Å²) in [6.45, 7) is 0.158. The molecule has 2 N–H and O–H groups in total. The number of carbonyl (C=O) groups is 3. The summed E-state index contributed by atoms with van der Waals surface area (Å²) in [5, 5.41) is 6.02. The molecule has 0 fully saturated rings. The second-order valence-electron chi connectivity index (χ2n) is 8.56. The Labute approximate surface area is 218 Å². The van der Waals surface area contributed by atoms with E-state index in [0.717, 1.165) is 11.1 Å². The van der Waals surface area contributed by atoms with Crippen molar-refractivity contribution in [3.05, 3.63) is 119 Å². The Balaban J connectivity index is 1.42. The molecule has 0 spiro atoms. The molecule has 0 aliphatic carbocycles. The number of anilines is 2. The number of rotatable bonds is 6. The largest absolute Gasteiger partial charge is 0.324 e. The second-order valence-corrected chi connectivity index (χ2v) is 9.00. The Morgan fingerprint density at radius 3 is 2.54 bits per heavy atom. The number of aromatic nitrogens is 2. The first-order valence-electron chi connectivity index (χ1n) is 11.6. The average Bonchev–Trinajstić information content (AvgIpc) is 3.00. The van der Waals surface area contributed by atoms with Gasteiger partial charge in [0.15, 0.2) is 0 Å². The molecule has 1 aliphatic rings. The molecular weight excluding hydrogens is 490 g/mol. The summed E-state index contributed by atoms with van der Waals surface area (Å²) >= 11 is 6.18. The van der Waals surface area contributed by atoms with Gasteiger partial charge in [0, 0.05) is 42.1 Å². The molecule has 1 aliphatic heterocycles. The Bertz CT molecular complexity index is 1450. The molecule has 0 radical (unpaired) electrons. The minimum Gasteiger partial charge on any atom is -0.324 e. The molecule has 184 valence electrons. The monoisotopic (exact) mass is 511 g/mol. The van der Waals surface area contributed by atoms with E-state index in [4.69, 9.17) is 11.6 Å². The molecule has 4 aromatic rings. The van der Waals surface area contributed by atoms with Crippen LogP contribution in [0.3, 0.4) is 0 Å². The Kier molecular flexibility index (Phi) is 6.91. The van der Waals surface area contributed by atoms with Crippen molar-refractivity contribution >= 4 is 40.8 Å². The molecular formula is C28H22ClN5O3. The number of amides is 3. The van der Waals surface area contributed by atoms with E-state index in [-0.39, 0.29) is 30.7 Å². The summed E-state index contributed by atoms with van der Waals surface area (Å²) in [7, 11) is 0. The summed E-state index contributed by atoms with van der Waals surface area (Å²) in [6, 6.07) is 19.8. The number of nitrogens with one attached hydrogen (secondary N) is 2. The van der Waals surface area contributed by atoms with Crippen LogP contribution < -0.4 is 10.6 Å². The van der Waals surface area contributed by atoms with Crippen LogP contribution in [0, 0.1) is 0 Å². The highest BCUT2D eigenvalue weighted by Gasteiger charge is 2.35. The smallest absolute Gasteiger partial charge is 0.257 e. The zero-order chi connectivity index (χ0) is 25.8. The Morgan fingerprint density at radius 2 is 1.81 bits per heavy atom. The van der Waals surface area contributed by atoms with E-state index in [0.29, 0.717) is 27.7 Å². The van der Waals surface area contributed by atoms with Crippen LogP contribution >= 0.6 is 11.6 Å². The van der Waals surface area contributed by atoms with E-state index in [2.05, 4.69) is 20.6 Å². The first kappa shape index (κ1) is 24.1. The van der Waals surface area contributed by atoms with Crippen LogP contribution in [0.15, 0.2) is 91.4 Å². The molecule has 3 amide bonds. The number of halogens is 1. The zero-order valence-electron chi connectivity index (χ0n) is 19.6. The molecule has 2 aromatic heterocycles. The lowest BCUT2D eigenvalue weighted by molar-refractivity contribution is -0.120. The van der Waals surface area contributed by atoms with Gasteiger partial charge in [-0.1, -0.05) is 35.9 Å². The van der Waals surface area contributed by atoms with Gasteiger partial charge in [0.2, 0.25) is 5.91 Å². The molecule has 0 bridgehead atoms. The van der Waals surface area contributed by atoms with Crippen LogP contribution in [0.1, 0.15) is 31.8 Å². The quantitative estimate of drug-likeness (QED) is 0.394. The number of fused-ring (bicyclic) bond motifs is 1. The third kappa shape index (κ3) is 5.49. The molecule has 9 heteroatoms. The van der Waals surface area contributed by atoms with E-state index >= 15 is 0 Å². The molecule has 0 saturated carbocycles. The van der Waals surface area contributed by atoms with Crippen LogP contribution in [0.2, 0.25) is 5.02 Å². The van der Waals surface area contributed by atoms with Crippen molar-refractivity contribution in [3.63, 3.8) is 0 Å². The van der Waals surface area contributed by atoms with Crippen molar-refractivity contribution in [2.75, 3.05) is 10.6 Å². The van der Waals surface area contributed by atoms with E-state index in [1.54, 1.807) is 85.3 Å².